The monoisotopic (exact) mass is 338 g/mol. The van der Waals surface area contributed by atoms with Crippen LogP contribution in [0.1, 0.15) is 21.5 Å². The van der Waals surface area contributed by atoms with Gasteiger partial charge in [-0.2, -0.15) is 0 Å². The molecular formula is C13H11BrN2O2S. The van der Waals surface area contributed by atoms with Gasteiger partial charge in [0.1, 0.15) is 0 Å². The minimum absolute atomic E-state index is 0.271. The Kier molecular flexibility index (Phi) is 4.55. The van der Waals surface area contributed by atoms with E-state index in [1.807, 2.05) is 6.92 Å². The van der Waals surface area contributed by atoms with E-state index in [1.54, 1.807) is 30.6 Å². The molecule has 1 heterocycles. The summed E-state index contributed by atoms with van der Waals surface area (Å²) in [6.45, 7) is 1.94. The predicted octanol–water partition coefficient (Wildman–Crippen LogP) is 3.54. The number of carboxylic acids is 1. The molecule has 0 saturated carbocycles. The number of hydrogen-bond acceptors (Lipinski definition) is 4. The van der Waals surface area contributed by atoms with Gasteiger partial charge in [0.15, 0.2) is 5.16 Å². The van der Waals surface area contributed by atoms with Crippen LogP contribution in [-0.4, -0.2) is 21.0 Å². The molecule has 19 heavy (non-hydrogen) atoms. The molecule has 0 saturated heterocycles. The Bertz CT molecular complexity index is 602. The van der Waals surface area contributed by atoms with Crippen molar-refractivity contribution in [2.24, 2.45) is 0 Å². The summed E-state index contributed by atoms with van der Waals surface area (Å²) in [5.74, 6) is -0.245. The van der Waals surface area contributed by atoms with E-state index < -0.39 is 5.97 Å². The minimum atomic E-state index is -0.929. The smallest absolute Gasteiger partial charge is 0.335 e. The van der Waals surface area contributed by atoms with Gasteiger partial charge in [0.25, 0.3) is 0 Å². The molecule has 4 nitrogen and oxygen atoms in total. The Labute approximate surface area is 123 Å². The van der Waals surface area contributed by atoms with Crippen molar-refractivity contribution in [1.82, 2.24) is 9.97 Å². The van der Waals surface area contributed by atoms with Crippen LogP contribution in [0.5, 0.6) is 0 Å². The maximum Gasteiger partial charge on any atom is 0.335 e. The van der Waals surface area contributed by atoms with Crippen LogP contribution in [0.3, 0.4) is 0 Å². The molecule has 1 aromatic carbocycles. The van der Waals surface area contributed by atoms with E-state index >= 15 is 0 Å². The second kappa shape index (κ2) is 6.16. The number of aromatic nitrogens is 2. The number of benzene rings is 1. The number of rotatable bonds is 4. The second-order valence-corrected chi connectivity index (χ2v) is 5.74. The van der Waals surface area contributed by atoms with Gasteiger partial charge >= 0.3 is 5.97 Å². The molecule has 0 aliphatic heterocycles. The number of carbonyl (C=O) groups is 1. The van der Waals surface area contributed by atoms with Gasteiger partial charge in [-0.05, 0) is 30.2 Å². The first-order chi connectivity index (χ1) is 9.06. The van der Waals surface area contributed by atoms with E-state index in [9.17, 15) is 4.79 Å². The van der Waals surface area contributed by atoms with Gasteiger partial charge in [-0.3, -0.25) is 0 Å². The third kappa shape index (κ3) is 3.78. The van der Waals surface area contributed by atoms with E-state index in [0.717, 1.165) is 15.6 Å². The second-order valence-electron chi connectivity index (χ2n) is 3.94. The van der Waals surface area contributed by atoms with Crippen LogP contribution in [0.2, 0.25) is 0 Å². The summed E-state index contributed by atoms with van der Waals surface area (Å²) in [5, 5.41) is 9.60. The highest BCUT2D eigenvalue weighted by atomic mass is 79.9. The Hall–Kier alpha value is -1.40. The van der Waals surface area contributed by atoms with Crippen LogP contribution < -0.4 is 0 Å². The molecule has 0 aliphatic rings. The van der Waals surface area contributed by atoms with Crippen molar-refractivity contribution < 1.29 is 9.90 Å². The van der Waals surface area contributed by atoms with Crippen LogP contribution in [0, 0.1) is 6.92 Å². The topological polar surface area (TPSA) is 63.1 Å². The average Bonchev–Trinajstić information content (AvgIpc) is 2.39. The Morgan fingerprint density at radius 1 is 1.37 bits per heavy atom. The van der Waals surface area contributed by atoms with Gasteiger partial charge < -0.3 is 5.11 Å². The highest BCUT2D eigenvalue weighted by molar-refractivity contribution is 9.10. The minimum Gasteiger partial charge on any atom is -0.478 e. The zero-order valence-corrected chi connectivity index (χ0v) is 12.5. The fourth-order valence-corrected chi connectivity index (χ4v) is 2.89. The number of nitrogens with zero attached hydrogens (tertiary/aromatic N) is 2. The van der Waals surface area contributed by atoms with Gasteiger partial charge in [-0.25, -0.2) is 14.8 Å². The molecule has 0 amide bonds. The maximum absolute atomic E-state index is 10.8. The fraction of sp³-hybridized carbons (Fsp3) is 0.154. The summed E-state index contributed by atoms with van der Waals surface area (Å²) in [6.07, 6.45) is 3.55. The number of carboxylic acid groups (broad SMARTS) is 1. The third-order valence-corrected chi connectivity index (χ3v) is 4.08. The number of halogens is 1. The fourth-order valence-electron chi connectivity index (χ4n) is 1.39. The lowest BCUT2D eigenvalue weighted by atomic mass is 10.1. The largest absolute Gasteiger partial charge is 0.478 e. The van der Waals surface area contributed by atoms with Gasteiger partial charge in [-0.1, -0.05) is 33.8 Å². The van der Waals surface area contributed by atoms with Crippen molar-refractivity contribution in [1.29, 1.82) is 0 Å². The first-order valence-electron chi connectivity index (χ1n) is 5.49. The summed E-state index contributed by atoms with van der Waals surface area (Å²) in [5.41, 5.74) is 2.31. The summed E-state index contributed by atoms with van der Waals surface area (Å²) < 4.78 is 0.784. The van der Waals surface area contributed by atoms with Crippen molar-refractivity contribution in [3.05, 3.63) is 51.8 Å². The lowest BCUT2D eigenvalue weighted by Crippen LogP contribution is -1.97. The summed E-state index contributed by atoms with van der Waals surface area (Å²) in [6, 6.07) is 5.00. The quantitative estimate of drug-likeness (QED) is 0.682. The molecule has 0 radical (unpaired) electrons. The van der Waals surface area contributed by atoms with Gasteiger partial charge in [0, 0.05) is 22.6 Å². The molecule has 6 heteroatoms. The van der Waals surface area contributed by atoms with Crippen molar-refractivity contribution in [2.75, 3.05) is 0 Å². The van der Waals surface area contributed by atoms with Crippen LogP contribution in [0.4, 0.5) is 0 Å². The van der Waals surface area contributed by atoms with E-state index in [0.29, 0.717) is 10.9 Å². The van der Waals surface area contributed by atoms with Crippen molar-refractivity contribution in [3.63, 3.8) is 0 Å². The zero-order valence-electron chi connectivity index (χ0n) is 10.1. The van der Waals surface area contributed by atoms with Crippen molar-refractivity contribution >= 4 is 33.7 Å². The molecule has 0 fully saturated rings. The van der Waals surface area contributed by atoms with Crippen LogP contribution in [0.25, 0.3) is 0 Å². The van der Waals surface area contributed by atoms with E-state index in [1.165, 1.54) is 11.8 Å². The van der Waals surface area contributed by atoms with Crippen molar-refractivity contribution in [2.45, 2.75) is 17.8 Å². The highest BCUT2D eigenvalue weighted by Crippen LogP contribution is 2.25. The highest BCUT2D eigenvalue weighted by Gasteiger charge is 2.07. The molecule has 0 bridgehead atoms. The first-order valence-corrected chi connectivity index (χ1v) is 7.27. The molecule has 98 valence electrons. The van der Waals surface area contributed by atoms with E-state index in [-0.39, 0.29) is 5.56 Å². The number of aryl methyl sites for hydroxylation is 1. The predicted molar refractivity (Wildman–Crippen MR) is 77.4 cm³/mol. The summed E-state index contributed by atoms with van der Waals surface area (Å²) >= 11 is 4.89. The van der Waals surface area contributed by atoms with Gasteiger partial charge in [0.05, 0.1) is 5.56 Å². The number of aromatic carboxylic acids is 1. The van der Waals surface area contributed by atoms with E-state index in [2.05, 4.69) is 25.9 Å². The Morgan fingerprint density at radius 3 is 2.63 bits per heavy atom. The van der Waals surface area contributed by atoms with Crippen LogP contribution >= 0.6 is 27.7 Å². The molecule has 0 spiro atoms. The molecule has 0 atom stereocenters. The molecule has 2 aromatic rings. The van der Waals surface area contributed by atoms with Crippen LogP contribution in [0.15, 0.2) is 40.2 Å². The molecule has 2 rings (SSSR count). The molecule has 0 unspecified atom stereocenters. The van der Waals surface area contributed by atoms with Gasteiger partial charge in [0.2, 0.25) is 0 Å². The van der Waals surface area contributed by atoms with E-state index in [4.69, 9.17) is 5.11 Å². The lowest BCUT2D eigenvalue weighted by Gasteiger charge is -2.05. The SMILES string of the molecule is Cc1cnc(SCc2ccc(C(=O)O)cc2Br)nc1. The van der Waals surface area contributed by atoms with Gasteiger partial charge in [-0.15, -0.1) is 0 Å². The normalized spacial score (nSPS) is 10.4. The molecule has 1 aromatic heterocycles. The average molecular weight is 339 g/mol. The molecular weight excluding hydrogens is 328 g/mol. The lowest BCUT2D eigenvalue weighted by molar-refractivity contribution is 0.0697. The number of thioether (sulfide) groups is 1. The molecule has 1 N–H and O–H groups in total. The Morgan fingerprint density at radius 2 is 2.05 bits per heavy atom. The molecule has 0 aliphatic carbocycles. The van der Waals surface area contributed by atoms with Crippen molar-refractivity contribution in [3.8, 4) is 0 Å². The van der Waals surface area contributed by atoms with Crippen LogP contribution in [-0.2, 0) is 5.75 Å². The summed E-state index contributed by atoms with van der Waals surface area (Å²) in [4.78, 5) is 19.3. The number of hydrogen-bond donors (Lipinski definition) is 1. The maximum atomic E-state index is 10.8. The first kappa shape index (κ1) is 14.0. The zero-order chi connectivity index (χ0) is 13.8. The standard InChI is InChI=1S/C13H11BrN2O2S/c1-8-5-15-13(16-6-8)19-7-10-3-2-9(12(17)18)4-11(10)14/h2-6H,7H2,1H3,(H,17,18). The third-order valence-electron chi connectivity index (χ3n) is 2.41. The Balaban J connectivity index is 2.07. The summed E-state index contributed by atoms with van der Waals surface area (Å²) in [7, 11) is 0.